The van der Waals surface area contributed by atoms with Crippen LogP contribution in [-0.4, -0.2) is 49.5 Å². The maximum Gasteiger partial charge on any atom is 0.156 e. The summed E-state index contributed by atoms with van der Waals surface area (Å²) in [7, 11) is 1.63. The lowest BCUT2D eigenvalue weighted by Crippen LogP contribution is -2.18. The average Bonchev–Trinajstić information content (AvgIpc) is 2.92. The number of rotatable bonds is 8. The summed E-state index contributed by atoms with van der Waals surface area (Å²) in [4.78, 5) is 8.41. The van der Waals surface area contributed by atoms with Crippen molar-refractivity contribution in [2.45, 2.75) is 25.6 Å². The lowest BCUT2D eigenvalue weighted by Gasteiger charge is -2.11. The second-order valence-electron chi connectivity index (χ2n) is 4.43. The molecular weight excluding hydrogens is 246 g/mol. The van der Waals surface area contributed by atoms with E-state index in [4.69, 9.17) is 14.2 Å². The molecule has 6 nitrogen and oxygen atoms in total. The number of hydrogen-bond acceptors (Lipinski definition) is 6. The van der Waals surface area contributed by atoms with Crippen molar-refractivity contribution in [1.82, 2.24) is 9.97 Å². The van der Waals surface area contributed by atoms with Crippen molar-refractivity contribution in [3.05, 3.63) is 18.1 Å². The molecule has 106 valence electrons. The minimum Gasteiger partial charge on any atom is -0.377 e. The van der Waals surface area contributed by atoms with Crippen molar-refractivity contribution in [2.24, 2.45) is 0 Å². The van der Waals surface area contributed by atoms with Gasteiger partial charge in [0.2, 0.25) is 0 Å². The molecule has 0 aliphatic carbocycles. The Morgan fingerprint density at radius 1 is 1.53 bits per heavy atom. The Balaban J connectivity index is 1.60. The molecule has 1 fully saturated rings. The summed E-state index contributed by atoms with van der Waals surface area (Å²) in [5.74, 6) is 1.47. The first kappa shape index (κ1) is 14.2. The number of ether oxygens (including phenoxy) is 3. The van der Waals surface area contributed by atoms with E-state index in [2.05, 4.69) is 15.3 Å². The van der Waals surface area contributed by atoms with Crippen molar-refractivity contribution in [3.63, 3.8) is 0 Å². The fourth-order valence-electron chi connectivity index (χ4n) is 1.94. The van der Waals surface area contributed by atoms with Gasteiger partial charge < -0.3 is 19.5 Å². The van der Waals surface area contributed by atoms with Crippen LogP contribution in [0.4, 0.5) is 5.82 Å². The van der Waals surface area contributed by atoms with Crippen LogP contribution in [-0.2, 0) is 20.8 Å². The lowest BCUT2D eigenvalue weighted by molar-refractivity contribution is 0.0206. The summed E-state index contributed by atoms with van der Waals surface area (Å²) in [6, 6.07) is 1.83. The van der Waals surface area contributed by atoms with Crippen LogP contribution in [0.2, 0.25) is 0 Å². The van der Waals surface area contributed by atoms with Crippen LogP contribution >= 0.6 is 0 Å². The molecule has 1 aromatic rings. The number of anilines is 1. The zero-order valence-electron chi connectivity index (χ0n) is 11.3. The molecule has 6 heteroatoms. The predicted octanol–water partition coefficient (Wildman–Crippen LogP) is 1.23. The number of hydrogen-bond donors (Lipinski definition) is 1. The average molecular weight is 267 g/mol. The second-order valence-corrected chi connectivity index (χ2v) is 4.43. The standard InChI is InChI=1S/C13H21N3O3/c1-17-10-13-14-5-4-12(16-13)15-6-8-18-9-11-3-2-7-19-11/h4-5,11H,2-3,6-10H2,1H3,(H,14,15,16). The molecule has 1 aliphatic rings. The van der Waals surface area contributed by atoms with Gasteiger partial charge in [0.25, 0.3) is 0 Å². The molecule has 0 radical (unpaired) electrons. The number of methoxy groups -OCH3 is 1. The van der Waals surface area contributed by atoms with Crippen LogP contribution in [0.15, 0.2) is 12.3 Å². The number of aromatic nitrogens is 2. The molecular formula is C13H21N3O3. The fraction of sp³-hybridized carbons (Fsp3) is 0.692. The zero-order chi connectivity index (χ0) is 13.3. The maximum atomic E-state index is 5.56. The van der Waals surface area contributed by atoms with Gasteiger partial charge >= 0.3 is 0 Å². The van der Waals surface area contributed by atoms with E-state index in [0.717, 1.165) is 31.8 Å². The smallest absolute Gasteiger partial charge is 0.156 e. The van der Waals surface area contributed by atoms with Gasteiger partial charge in [-0.25, -0.2) is 9.97 Å². The number of nitrogens with one attached hydrogen (secondary N) is 1. The Hall–Kier alpha value is -1.24. The van der Waals surface area contributed by atoms with Gasteiger partial charge in [-0.2, -0.15) is 0 Å². The Morgan fingerprint density at radius 2 is 2.47 bits per heavy atom. The van der Waals surface area contributed by atoms with Gasteiger partial charge in [-0.15, -0.1) is 0 Å². The Bertz CT molecular complexity index is 370. The second kappa shape index (κ2) is 8.04. The highest BCUT2D eigenvalue weighted by atomic mass is 16.5. The van der Waals surface area contributed by atoms with E-state index < -0.39 is 0 Å². The Kier molecular flexibility index (Phi) is 6.00. The summed E-state index contributed by atoms with van der Waals surface area (Å²) in [6.07, 6.45) is 4.26. The molecule has 0 spiro atoms. The van der Waals surface area contributed by atoms with Gasteiger partial charge in [-0.1, -0.05) is 0 Å². The van der Waals surface area contributed by atoms with Crippen molar-refractivity contribution in [2.75, 3.05) is 38.8 Å². The highest BCUT2D eigenvalue weighted by Gasteiger charge is 2.14. The fourth-order valence-corrected chi connectivity index (χ4v) is 1.94. The van der Waals surface area contributed by atoms with Gasteiger partial charge in [-0.3, -0.25) is 0 Å². The minimum atomic E-state index is 0.285. The van der Waals surface area contributed by atoms with E-state index in [-0.39, 0.29) is 6.10 Å². The van der Waals surface area contributed by atoms with Gasteiger partial charge in [-0.05, 0) is 18.9 Å². The summed E-state index contributed by atoms with van der Waals surface area (Å²) < 4.78 is 16.0. The lowest BCUT2D eigenvalue weighted by atomic mass is 10.2. The maximum absolute atomic E-state index is 5.56. The van der Waals surface area contributed by atoms with Crippen LogP contribution in [0, 0.1) is 0 Å². The van der Waals surface area contributed by atoms with E-state index in [9.17, 15) is 0 Å². The van der Waals surface area contributed by atoms with E-state index in [1.807, 2.05) is 6.07 Å². The van der Waals surface area contributed by atoms with E-state index in [0.29, 0.717) is 25.6 Å². The first-order chi connectivity index (χ1) is 9.38. The topological polar surface area (TPSA) is 65.5 Å². The summed E-state index contributed by atoms with van der Waals surface area (Å²) in [5.41, 5.74) is 0. The van der Waals surface area contributed by atoms with Crippen LogP contribution in [0.3, 0.4) is 0 Å². The molecule has 1 aliphatic heterocycles. The molecule has 0 aromatic carbocycles. The van der Waals surface area contributed by atoms with Crippen LogP contribution in [0.1, 0.15) is 18.7 Å². The molecule has 0 bridgehead atoms. The molecule has 1 N–H and O–H groups in total. The summed E-state index contributed by atoms with van der Waals surface area (Å²) in [6.45, 7) is 3.33. The van der Waals surface area contributed by atoms with Gasteiger partial charge in [0.1, 0.15) is 12.4 Å². The van der Waals surface area contributed by atoms with Crippen molar-refractivity contribution in [1.29, 1.82) is 0 Å². The first-order valence-corrected chi connectivity index (χ1v) is 6.62. The van der Waals surface area contributed by atoms with Crippen LogP contribution < -0.4 is 5.32 Å². The van der Waals surface area contributed by atoms with Crippen LogP contribution in [0.25, 0.3) is 0 Å². The SMILES string of the molecule is COCc1nccc(NCCOCC2CCCO2)n1. The minimum absolute atomic E-state index is 0.285. The molecule has 0 saturated carbocycles. The molecule has 19 heavy (non-hydrogen) atoms. The monoisotopic (exact) mass is 267 g/mol. The summed E-state index contributed by atoms with van der Waals surface area (Å²) >= 11 is 0. The van der Waals surface area contributed by atoms with Crippen molar-refractivity contribution >= 4 is 5.82 Å². The molecule has 1 unspecified atom stereocenters. The van der Waals surface area contributed by atoms with E-state index in [1.165, 1.54) is 0 Å². The molecule has 1 aromatic heterocycles. The highest BCUT2D eigenvalue weighted by Crippen LogP contribution is 2.11. The highest BCUT2D eigenvalue weighted by molar-refractivity contribution is 5.32. The number of nitrogens with zero attached hydrogens (tertiary/aromatic N) is 2. The molecule has 2 rings (SSSR count). The summed E-state index contributed by atoms with van der Waals surface area (Å²) in [5, 5.41) is 3.20. The van der Waals surface area contributed by atoms with Gasteiger partial charge in [0, 0.05) is 26.5 Å². The largest absolute Gasteiger partial charge is 0.377 e. The first-order valence-electron chi connectivity index (χ1n) is 6.62. The third kappa shape index (κ3) is 5.10. The molecule has 1 atom stereocenters. The van der Waals surface area contributed by atoms with Crippen molar-refractivity contribution in [3.8, 4) is 0 Å². The van der Waals surface area contributed by atoms with Gasteiger partial charge in [0.15, 0.2) is 5.82 Å². The third-order valence-corrected chi connectivity index (χ3v) is 2.86. The Labute approximate surface area is 113 Å². The van der Waals surface area contributed by atoms with Crippen LogP contribution in [0.5, 0.6) is 0 Å². The van der Waals surface area contributed by atoms with E-state index >= 15 is 0 Å². The van der Waals surface area contributed by atoms with E-state index in [1.54, 1.807) is 13.3 Å². The molecule has 0 amide bonds. The Morgan fingerprint density at radius 3 is 3.26 bits per heavy atom. The van der Waals surface area contributed by atoms with Crippen molar-refractivity contribution < 1.29 is 14.2 Å². The third-order valence-electron chi connectivity index (χ3n) is 2.86. The zero-order valence-corrected chi connectivity index (χ0v) is 11.3. The quantitative estimate of drug-likeness (QED) is 0.715. The molecule has 1 saturated heterocycles. The predicted molar refractivity (Wildman–Crippen MR) is 71.0 cm³/mol. The normalized spacial score (nSPS) is 18.7. The molecule has 2 heterocycles. The van der Waals surface area contributed by atoms with Gasteiger partial charge in [0.05, 0.1) is 19.3 Å².